The summed E-state index contributed by atoms with van der Waals surface area (Å²) >= 11 is 0. The first-order chi connectivity index (χ1) is 30.1. The predicted molar refractivity (Wildman–Crippen MR) is 284 cm³/mol. The summed E-state index contributed by atoms with van der Waals surface area (Å²) in [5.74, 6) is 4.48. The van der Waals surface area contributed by atoms with Gasteiger partial charge in [0.05, 0.1) is 0 Å². The van der Waals surface area contributed by atoms with E-state index in [9.17, 15) is 0 Å². The van der Waals surface area contributed by atoms with Crippen molar-refractivity contribution in [2.75, 3.05) is 6.73 Å². The summed E-state index contributed by atoms with van der Waals surface area (Å²) < 4.78 is 6.26. The largest absolute Gasteiger partial charge is 0.459 e. The molecule has 0 aliphatic heterocycles. The second kappa shape index (κ2) is 25.7. The van der Waals surface area contributed by atoms with Gasteiger partial charge in [0.15, 0.2) is 0 Å². The molecule has 1 aromatic rings. The van der Waals surface area contributed by atoms with Gasteiger partial charge in [-0.05, 0) is 172 Å². The Hall–Kier alpha value is -3.09. The molecule has 4 saturated carbocycles. The van der Waals surface area contributed by atoms with Crippen LogP contribution in [0, 0.1) is 58.7 Å². The van der Waals surface area contributed by atoms with E-state index in [1.807, 2.05) is 86.7 Å². The number of ether oxygens (including phenoxy) is 1. The number of nitrogens with zero attached hydrogens (tertiary/aromatic N) is 3. The quantitative estimate of drug-likeness (QED) is 0.0806. The highest BCUT2D eigenvalue weighted by atomic mass is 16.5. The Balaban J connectivity index is 0.000000868. The Morgan fingerprint density at radius 3 is 2.00 bits per heavy atom. The minimum Gasteiger partial charge on any atom is -0.459 e. The fourth-order valence-electron chi connectivity index (χ4n) is 12.6. The van der Waals surface area contributed by atoms with Crippen molar-refractivity contribution >= 4 is 12.6 Å². The van der Waals surface area contributed by atoms with E-state index in [0.717, 1.165) is 67.8 Å². The number of rotatable bonds is 10. The number of hydrogen-bond acceptors (Lipinski definition) is 6. The third kappa shape index (κ3) is 13.3. The molecule has 9 unspecified atom stereocenters. The van der Waals surface area contributed by atoms with E-state index in [-0.39, 0.29) is 21.9 Å². The summed E-state index contributed by atoms with van der Waals surface area (Å²) in [6.45, 7) is 59.3. The highest BCUT2D eigenvalue weighted by molar-refractivity contribution is 5.92. The third-order valence-electron chi connectivity index (χ3n) is 15.7. The molecule has 0 aromatic carbocycles. The molecule has 0 radical (unpaired) electrons. The average molecular weight is 884 g/mol. The zero-order chi connectivity index (χ0) is 49.4. The van der Waals surface area contributed by atoms with Crippen LogP contribution < -0.4 is 11.1 Å². The van der Waals surface area contributed by atoms with E-state index in [0.29, 0.717) is 35.6 Å². The molecule has 1 aromatic heterocycles. The van der Waals surface area contributed by atoms with Crippen LogP contribution in [0.5, 0.6) is 0 Å². The second-order valence-corrected chi connectivity index (χ2v) is 20.9. The smallest absolute Gasteiger partial charge is 0.260 e. The van der Waals surface area contributed by atoms with Crippen molar-refractivity contribution in [3.63, 3.8) is 0 Å². The van der Waals surface area contributed by atoms with Crippen molar-refractivity contribution in [2.45, 2.75) is 206 Å². The van der Waals surface area contributed by atoms with Crippen molar-refractivity contribution in [1.82, 2.24) is 10.3 Å². The van der Waals surface area contributed by atoms with Crippen molar-refractivity contribution in [1.29, 1.82) is 0 Å². The molecule has 6 nitrogen and oxygen atoms in total. The maximum atomic E-state index is 7.93. The van der Waals surface area contributed by atoms with Crippen molar-refractivity contribution < 1.29 is 4.74 Å². The Labute approximate surface area is 396 Å². The van der Waals surface area contributed by atoms with Crippen molar-refractivity contribution in [2.24, 2.45) is 67.7 Å². The van der Waals surface area contributed by atoms with E-state index < -0.39 is 0 Å². The first-order valence-electron chi connectivity index (χ1n) is 25.5. The van der Waals surface area contributed by atoms with Crippen LogP contribution in [-0.4, -0.2) is 35.4 Å². The van der Waals surface area contributed by atoms with Gasteiger partial charge >= 0.3 is 0 Å². The number of aromatic nitrogens is 1. The summed E-state index contributed by atoms with van der Waals surface area (Å²) in [7, 11) is 0. The van der Waals surface area contributed by atoms with E-state index in [2.05, 4.69) is 116 Å². The highest BCUT2D eigenvalue weighted by Gasteiger charge is 2.68. The number of aryl methyl sites for hydroxylation is 1. The lowest BCUT2D eigenvalue weighted by Crippen LogP contribution is -2.71. The number of allylic oxidation sites excluding steroid dienone is 4. The lowest BCUT2D eigenvalue weighted by atomic mass is 9.37. The Bertz CT molecular complexity index is 1730. The zero-order valence-electron chi connectivity index (χ0n) is 45.1. The fraction of sp³-hybridized carbons (Fsp3) is 0.707. The second-order valence-electron chi connectivity index (χ2n) is 20.9. The molecule has 5 aliphatic rings. The van der Waals surface area contributed by atoms with E-state index >= 15 is 0 Å². The first-order valence-corrected chi connectivity index (χ1v) is 25.5. The molecule has 6 rings (SSSR count). The SMILES string of the molecule is C=C(C)CC.C=CC(C)(C)CC(=C)C.C=N/N=C(\OCNC12CCC3C(N)(CCC4C5(C)CCC(C)C(C)C5CCC34C)C1=C(C(C)C)C(=C)C2)c1ccc(C)cn1.CC.CC.CC. The van der Waals surface area contributed by atoms with Crippen LogP contribution in [0.3, 0.4) is 0 Å². The molecule has 0 spiro atoms. The minimum atomic E-state index is -0.343. The predicted octanol–water partition coefficient (Wildman–Crippen LogP) is 16.2. The molecule has 4 fully saturated rings. The van der Waals surface area contributed by atoms with Crippen LogP contribution in [0.25, 0.3) is 0 Å². The number of nitrogens with one attached hydrogen (secondary N) is 1. The number of pyridine rings is 1. The lowest BCUT2D eigenvalue weighted by molar-refractivity contribution is -0.172. The van der Waals surface area contributed by atoms with Crippen LogP contribution in [0.15, 0.2) is 88.8 Å². The molecular weight excluding hydrogens is 783 g/mol. The van der Waals surface area contributed by atoms with Gasteiger partial charge < -0.3 is 10.5 Å². The molecular formula is C58H101N5O. The number of hydrogen-bond donors (Lipinski definition) is 2. The van der Waals surface area contributed by atoms with Gasteiger partial charge in [0.25, 0.3) is 5.90 Å². The molecule has 0 amide bonds. The van der Waals surface area contributed by atoms with Crippen LogP contribution >= 0.6 is 0 Å². The first kappa shape index (κ1) is 58.9. The van der Waals surface area contributed by atoms with E-state index in [1.54, 1.807) is 0 Å². The summed E-state index contributed by atoms with van der Waals surface area (Å²) in [6.07, 6.45) is 16.7. The van der Waals surface area contributed by atoms with Crippen LogP contribution in [-0.2, 0) is 4.74 Å². The van der Waals surface area contributed by atoms with Gasteiger partial charge in [0.2, 0.25) is 0 Å². The maximum absolute atomic E-state index is 7.93. The van der Waals surface area contributed by atoms with Gasteiger partial charge in [0, 0.05) is 24.0 Å². The van der Waals surface area contributed by atoms with Crippen molar-refractivity contribution in [3.8, 4) is 0 Å². The third-order valence-corrected chi connectivity index (χ3v) is 15.7. The molecule has 364 valence electrons. The fourth-order valence-corrected chi connectivity index (χ4v) is 12.6. The zero-order valence-corrected chi connectivity index (χ0v) is 45.1. The molecule has 0 saturated heterocycles. The van der Waals surface area contributed by atoms with Gasteiger partial charge in [-0.1, -0.05) is 134 Å². The summed E-state index contributed by atoms with van der Waals surface area (Å²) in [5.41, 5.74) is 16.5. The summed E-state index contributed by atoms with van der Waals surface area (Å²) in [5, 5.41) is 11.8. The molecule has 5 aliphatic carbocycles. The topological polar surface area (TPSA) is 84.9 Å². The number of fused-ring (bicyclic) bond motifs is 7. The van der Waals surface area contributed by atoms with Gasteiger partial charge in [-0.2, -0.15) is 5.10 Å². The lowest BCUT2D eigenvalue weighted by Gasteiger charge is -2.69. The molecule has 1 heterocycles. The molecule has 0 bridgehead atoms. The standard InChI is InChI=1S/C38H57N5O.C9H16.C5H10.3C2H6/c1-23(2)32-26(5)20-37(42-22-44-34(43-40-9)29-11-10-24(3)21-41-29)18-14-31-36(8)17-13-28-27(6)25(4)12-16-35(28,7)30(36)15-19-38(31,39)33(32)37;1-6-9(4,5)7-8(2)3;1-4-5(2)3;3*1-2/h10-11,21,23,25,27-28,30-31,42H,5,9,12-20,22,39H2,1-4,6-8H3;6H,1-2,7H2,3-5H3;2,4H2,1,3H3;3*1-2H3/b43-34-;;;;;. The Kier molecular flexibility index (Phi) is 23.7. The van der Waals surface area contributed by atoms with Crippen LogP contribution in [0.2, 0.25) is 0 Å². The Morgan fingerprint density at radius 2 is 1.52 bits per heavy atom. The molecule has 9 atom stereocenters. The monoisotopic (exact) mass is 884 g/mol. The van der Waals surface area contributed by atoms with Gasteiger partial charge in [-0.3, -0.25) is 10.3 Å². The minimum absolute atomic E-state index is 0.228. The molecule has 3 N–H and O–H groups in total. The number of nitrogens with two attached hydrogens (primary N) is 1. The van der Waals surface area contributed by atoms with Crippen LogP contribution in [0.1, 0.15) is 200 Å². The van der Waals surface area contributed by atoms with Crippen molar-refractivity contribution in [3.05, 3.63) is 89.8 Å². The molecule has 6 heteroatoms. The van der Waals surface area contributed by atoms with E-state index in [4.69, 9.17) is 10.5 Å². The summed E-state index contributed by atoms with van der Waals surface area (Å²) in [6, 6.07) is 3.92. The Morgan fingerprint density at radius 1 is 0.938 bits per heavy atom. The van der Waals surface area contributed by atoms with Crippen LogP contribution in [0.4, 0.5) is 0 Å². The van der Waals surface area contributed by atoms with Gasteiger partial charge in [-0.15, -0.1) is 24.8 Å². The molecule has 64 heavy (non-hydrogen) atoms. The van der Waals surface area contributed by atoms with Gasteiger partial charge in [-0.25, -0.2) is 0 Å². The maximum Gasteiger partial charge on any atom is 0.260 e. The average Bonchev–Trinajstić information content (AvgIpc) is 3.57. The van der Waals surface area contributed by atoms with Gasteiger partial charge in [0.1, 0.15) is 12.4 Å². The normalized spacial score (nSPS) is 31.3. The summed E-state index contributed by atoms with van der Waals surface area (Å²) in [4.78, 5) is 4.51. The highest BCUT2D eigenvalue weighted by Crippen LogP contribution is 2.71. The van der Waals surface area contributed by atoms with E-state index in [1.165, 1.54) is 60.0 Å².